The van der Waals surface area contributed by atoms with E-state index in [9.17, 15) is 22.8 Å². The number of nitrogens with two attached hydrogens (primary N) is 1. The molecule has 35 heavy (non-hydrogen) atoms. The van der Waals surface area contributed by atoms with Crippen LogP contribution in [0.2, 0.25) is 0 Å². The first-order chi connectivity index (χ1) is 16.5. The number of allylic oxidation sites excluding steroid dienone is 1. The van der Waals surface area contributed by atoms with E-state index in [1.54, 1.807) is 24.4 Å². The third-order valence-electron chi connectivity index (χ3n) is 5.86. The second kappa shape index (κ2) is 9.03. The Bertz CT molecular complexity index is 1310. The van der Waals surface area contributed by atoms with Crippen molar-refractivity contribution in [1.82, 2.24) is 15.2 Å². The monoisotopic (exact) mass is 483 g/mol. The number of nitrogens with zero attached hydrogens (tertiary/aromatic N) is 3. The number of carbonyl (C=O) groups excluding carboxylic acids is 2. The van der Waals surface area contributed by atoms with Crippen molar-refractivity contribution >= 4 is 28.8 Å². The fraction of sp³-hybridized carbons (Fsp3) is 0.240. The summed E-state index contributed by atoms with van der Waals surface area (Å²) in [5.74, 6) is 5.07. The topological polar surface area (TPSA) is 95.3 Å². The summed E-state index contributed by atoms with van der Waals surface area (Å²) in [5, 5.41) is 7.54. The highest BCUT2D eigenvalue weighted by molar-refractivity contribution is 6.35. The molecule has 0 aliphatic carbocycles. The van der Waals surface area contributed by atoms with E-state index < -0.39 is 23.6 Å². The maximum atomic E-state index is 13.6. The van der Waals surface area contributed by atoms with Crippen LogP contribution in [0.5, 0.6) is 0 Å². The van der Waals surface area contributed by atoms with Crippen LogP contribution in [0.25, 0.3) is 5.57 Å². The standard InChI is InChI=1S/C25H24F3N5O2/c1-14-10-15(2)12-19(11-14)32-21-13-17(25(26,27)28)4-6-20(21)23(24(32)35)16(3)33(29)22(34)7-5-18-8-9-30-31-18/h4,6,8-13H,5,7,29H2,1-3H3,(H,30,31)/b23-16-. The first-order valence-electron chi connectivity index (χ1n) is 10.9. The van der Waals surface area contributed by atoms with E-state index in [1.807, 2.05) is 19.9 Å². The van der Waals surface area contributed by atoms with Gasteiger partial charge < -0.3 is 0 Å². The lowest BCUT2D eigenvalue weighted by Gasteiger charge is -2.21. The minimum atomic E-state index is -4.59. The van der Waals surface area contributed by atoms with Gasteiger partial charge >= 0.3 is 6.18 Å². The normalized spacial score (nSPS) is 14.8. The number of hydrogen-bond acceptors (Lipinski definition) is 4. The van der Waals surface area contributed by atoms with Crippen LogP contribution < -0.4 is 10.7 Å². The van der Waals surface area contributed by atoms with Crippen LogP contribution in [0.15, 0.2) is 54.4 Å². The second-order valence-electron chi connectivity index (χ2n) is 8.51. The molecule has 4 rings (SSSR count). The van der Waals surface area contributed by atoms with Crippen LogP contribution in [-0.2, 0) is 22.2 Å². The molecule has 2 heterocycles. The Balaban J connectivity index is 1.78. The highest BCUT2D eigenvalue weighted by Crippen LogP contribution is 2.45. The number of hydrogen-bond donors (Lipinski definition) is 2. The van der Waals surface area contributed by atoms with Crippen molar-refractivity contribution in [2.75, 3.05) is 4.90 Å². The predicted octanol–water partition coefficient (Wildman–Crippen LogP) is 4.79. The number of H-pyrrole nitrogens is 1. The second-order valence-corrected chi connectivity index (χ2v) is 8.51. The van der Waals surface area contributed by atoms with Gasteiger partial charge in [-0.3, -0.25) is 24.6 Å². The molecule has 0 bridgehead atoms. The number of benzene rings is 2. The summed E-state index contributed by atoms with van der Waals surface area (Å²) < 4.78 is 40.5. The van der Waals surface area contributed by atoms with E-state index in [-0.39, 0.29) is 28.9 Å². The molecule has 0 atom stereocenters. The summed E-state index contributed by atoms with van der Waals surface area (Å²) in [6.07, 6.45) is -2.57. The third-order valence-corrected chi connectivity index (χ3v) is 5.86. The molecule has 0 fully saturated rings. The molecule has 0 unspecified atom stereocenters. The Kier molecular flexibility index (Phi) is 6.25. The summed E-state index contributed by atoms with van der Waals surface area (Å²) in [5.41, 5.74) is 2.52. The lowest BCUT2D eigenvalue weighted by atomic mass is 10.0. The summed E-state index contributed by atoms with van der Waals surface area (Å²) in [6, 6.07) is 10.2. The highest BCUT2D eigenvalue weighted by atomic mass is 19.4. The van der Waals surface area contributed by atoms with E-state index >= 15 is 0 Å². The third kappa shape index (κ3) is 4.69. The minimum absolute atomic E-state index is 0.0425. The highest BCUT2D eigenvalue weighted by Gasteiger charge is 2.39. The van der Waals surface area contributed by atoms with Gasteiger partial charge in [-0.25, -0.2) is 5.84 Å². The van der Waals surface area contributed by atoms with Crippen LogP contribution in [0.4, 0.5) is 24.5 Å². The van der Waals surface area contributed by atoms with E-state index in [0.29, 0.717) is 17.8 Å². The fourth-order valence-electron chi connectivity index (χ4n) is 4.22. The van der Waals surface area contributed by atoms with Gasteiger partial charge in [0.15, 0.2) is 0 Å². The van der Waals surface area contributed by atoms with E-state index in [1.165, 1.54) is 17.9 Å². The smallest absolute Gasteiger partial charge is 0.285 e. The summed E-state index contributed by atoms with van der Waals surface area (Å²) in [4.78, 5) is 27.6. The average molecular weight is 483 g/mol. The molecule has 10 heteroatoms. The minimum Gasteiger partial charge on any atom is -0.285 e. The Hall–Kier alpha value is -3.92. The molecule has 0 saturated carbocycles. The molecule has 0 radical (unpaired) electrons. The number of aromatic nitrogens is 2. The van der Waals surface area contributed by atoms with Crippen molar-refractivity contribution in [1.29, 1.82) is 0 Å². The quantitative estimate of drug-likeness (QED) is 0.236. The average Bonchev–Trinajstić information content (AvgIpc) is 3.40. The number of alkyl halides is 3. The molecule has 0 saturated heterocycles. The molecule has 7 nitrogen and oxygen atoms in total. The zero-order valence-electron chi connectivity index (χ0n) is 19.4. The van der Waals surface area contributed by atoms with Crippen molar-refractivity contribution in [2.45, 2.75) is 39.8 Å². The Labute approximate surface area is 200 Å². The molecular weight excluding hydrogens is 459 g/mol. The molecule has 1 aliphatic rings. The maximum Gasteiger partial charge on any atom is 0.416 e. The number of aromatic amines is 1. The van der Waals surface area contributed by atoms with Gasteiger partial charge in [-0.15, -0.1) is 0 Å². The molecule has 2 amide bonds. The van der Waals surface area contributed by atoms with Crippen LogP contribution >= 0.6 is 0 Å². The predicted molar refractivity (Wildman–Crippen MR) is 125 cm³/mol. The number of anilines is 2. The SMILES string of the molecule is C/C(=C1/C(=O)N(c2cc(C)cc(C)c2)c2cc(C(F)(F)F)ccc21)N(N)C(=O)CCc1cc[nH]n1. The number of carbonyl (C=O) groups is 2. The van der Waals surface area contributed by atoms with Gasteiger partial charge in [0.1, 0.15) is 0 Å². The van der Waals surface area contributed by atoms with E-state index in [2.05, 4.69) is 10.2 Å². The van der Waals surface area contributed by atoms with Crippen LogP contribution in [0, 0.1) is 13.8 Å². The molecule has 1 aromatic heterocycles. The number of aryl methyl sites for hydroxylation is 3. The fourth-order valence-corrected chi connectivity index (χ4v) is 4.22. The molecule has 2 aromatic carbocycles. The maximum absolute atomic E-state index is 13.6. The number of nitrogens with one attached hydrogen (secondary N) is 1. The zero-order valence-corrected chi connectivity index (χ0v) is 19.4. The van der Waals surface area contributed by atoms with Gasteiger partial charge in [0.25, 0.3) is 5.91 Å². The van der Waals surface area contributed by atoms with Crippen LogP contribution in [0.1, 0.15) is 41.3 Å². The first-order valence-corrected chi connectivity index (χ1v) is 10.9. The van der Waals surface area contributed by atoms with Gasteiger partial charge in [-0.05, 0) is 62.2 Å². The molecular formula is C25H24F3N5O2. The molecule has 1 aliphatic heterocycles. The lowest BCUT2D eigenvalue weighted by Crippen LogP contribution is -2.37. The van der Waals surface area contributed by atoms with Gasteiger partial charge in [0.2, 0.25) is 5.91 Å². The Morgan fingerprint density at radius 3 is 2.40 bits per heavy atom. The van der Waals surface area contributed by atoms with Crippen molar-refractivity contribution in [3.8, 4) is 0 Å². The van der Waals surface area contributed by atoms with Gasteiger partial charge in [-0.1, -0.05) is 12.1 Å². The van der Waals surface area contributed by atoms with Crippen molar-refractivity contribution in [3.05, 3.63) is 82.3 Å². The van der Waals surface area contributed by atoms with Gasteiger partial charge in [0.05, 0.1) is 22.5 Å². The van der Waals surface area contributed by atoms with Gasteiger partial charge in [0, 0.05) is 36.0 Å². The van der Waals surface area contributed by atoms with E-state index in [4.69, 9.17) is 5.84 Å². The number of amides is 2. The number of rotatable bonds is 5. The number of fused-ring (bicyclic) bond motifs is 1. The lowest BCUT2D eigenvalue weighted by molar-refractivity contribution is -0.137. The largest absolute Gasteiger partial charge is 0.416 e. The van der Waals surface area contributed by atoms with Crippen LogP contribution in [-0.4, -0.2) is 27.0 Å². The van der Waals surface area contributed by atoms with Crippen molar-refractivity contribution in [3.63, 3.8) is 0 Å². The first kappa shape index (κ1) is 24.2. The molecule has 182 valence electrons. The Morgan fingerprint density at radius 2 is 1.80 bits per heavy atom. The van der Waals surface area contributed by atoms with Crippen molar-refractivity contribution < 1.29 is 22.8 Å². The van der Waals surface area contributed by atoms with E-state index in [0.717, 1.165) is 28.3 Å². The molecule has 3 aromatic rings. The van der Waals surface area contributed by atoms with Crippen LogP contribution in [0.3, 0.4) is 0 Å². The Morgan fingerprint density at radius 1 is 1.11 bits per heavy atom. The molecule has 3 N–H and O–H groups in total. The molecule has 0 spiro atoms. The van der Waals surface area contributed by atoms with Crippen molar-refractivity contribution in [2.24, 2.45) is 5.84 Å². The number of hydrazine groups is 1. The zero-order chi connectivity index (χ0) is 25.5. The number of halogens is 3. The summed E-state index contributed by atoms with van der Waals surface area (Å²) >= 11 is 0. The summed E-state index contributed by atoms with van der Waals surface area (Å²) in [7, 11) is 0. The van der Waals surface area contributed by atoms with Gasteiger partial charge in [-0.2, -0.15) is 18.3 Å². The summed E-state index contributed by atoms with van der Waals surface area (Å²) in [6.45, 7) is 5.18.